The molecule has 388 valence electrons. The van der Waals surface area contributed by atoms with Crippen LogP contribution in [0, 0.1) is 41.8 Å². The van der Waals surface area contributed by atoms with Crippen LogP contribution in [0.5, 0.6) is 0 Å². The number of carboxylic acids is 1. The predicted molar refractivity (Wildman–Crippen MR) is 268 cm³/mol. The van der Waals surface area contributed by atoms with Crippen molar-refractivity contribution in [2.24, 2.45) is 42.9 Å². The predicted octanol–water partition coefficient (Wildman–Crippen LogP) is 3.69. The molecule has 6 aromatic rings. The van der Waals surface area contributed by atoms with E-state index in [-0.39, 0.29) is 108 Å². The number of aryl methyl sites for hydroxylation is 1. The maximum Gasteiger partial charge on any atom is 0.341 e. The molecule has 20 nitrogen and oxygen atoms in total. The summed E-state index contributed by atoms with van der Waals surface area (Å²) in [5, 5.41) is 9.16. The Kier molecular flexibility index (Phi) is 15.3. The Morgan fingerprint density at radius 2 is 1.00 bits per heavy atom. The first-order valence-corrected chi connectivity index (χ1v) is 23.3. The van der Waals surface area contributed by atoms with E-state index >= 15 is 8.78 Å². The van der Waals surface area contributed by atoms with Crippen molar-refractivity contribution in [3.63, 3.8) is 0 Å². The van der Waals surface area contributed by atoms with Crippen LogP contribution in [-0.4, -0.2) is 129 Å². The zero-order valence-corrected chi connectivity index (χ0v) is 39.8. The number of anilines is 2. The number of unbranched alkanes of at least 4 members (excludes halogenated alkanes) is 3. The summed E-state index contributed by atoms with van der Waals surface area (Å²) in [6.45, 7) is 4.38. The standard InChI is InChI=1S/C48H50F6N16O4/c1-26-24-69(36-8-6-27(49)20-32(36)51)40-29(38(26)71)22-34(53)42(61-40)65-12-16-67(17-13-65)47(57)63-45(55)59-10-4-2-3-5-11-60-46(56)64-48(58)68-18-14-66(15-19-68)43-35(54)23-30-39(72)31(44(73)74)25-70(41(30)62-43)37-9-7-28(50)21-33(37)52/h6-9,20-25H,2-5,10-19H2,1H3,(H,73,74)(H4,55,57,59,63)(H4,56,58,60,64). The van der Waals surface area contributed by atoms with Crippen molar-refractivity contribution in [3.05, 3.63) is 127 Å². The van der Waals surface area contributed by atoms with Crippen molar-refractivity contribution in [1.29, 1.82) is 0 Å². The summed E-state index contributed by atoms with van der Waals surface area (Å²) in [6.07, 6.45) is 5.24. The van der Waals surface area contributed by atoms with Crippen LogP contribution < -0.4 is 43.6 Å². The number of carbonyl (C=O) groups is 1. The number of aromatic carboxylic acids is 1. The Hall–Kier alpha value is -8.71. The molecule has 6 heterocycles. The lowest BCUT2D eigenvalue weighted by Gasteiger charge is -2.36. The first kappa shape index (κ1) is 51.6. The highest BCUT2D eigenvalue weighted by Gasteiger charge is 2.27. The highest BCUT2D eigenvalue weighted by Crippen LogP contribution is 2.28. The number of hydrogen-bond acceptors (Lipinski definition) is 9. The SMILES string of the molecule is Cc1cn(-c2ccc(F)cc2F)c2nc(N3CCN(/C(N)=N/C(N)=NCCCCCCN=C(N)/N=C(\N)N4CCN(c5nc6c(cc5F)c(=O)c(C(=O)O)cn6-c5ccc(F)cc5F)CC4)CC3)c(F)cc2c1=O. The first-order valence-electron chi connectivity index (χ1n) is 23.3. The second-order valence-corrected chi connectivity index (χ2v) is 17.4. The molecule has 0 atom stereocenters. The molecule has 2 saturated heterocycles. The van der Waals surface area contributed by atoms with Gasteiger partial charge in [-0.1, -0.05) is 12.8 Å². The normalized spacial score (nSPS) is 15.2. The smallest absolute Gasteiger partial charge is 0.341 e. The van der Waals surface area contributed by atoms with Gasteiger partial charge in [-0.25, -0.2) is 41.1 Å². The average molecular weight is 1030 g/mol. The van der Waals surface area contributed by atoms with E-state index in [1.54, 1.807) is 19.6 Å². The fourth-order valence-corrected chi connectivity index (χ4v) is 8.58. The summed E-state index contributed by atoms with van der Waals surface area (Å²) >= 11 is 0. The third kappa shape index (κ3) is 11.2. The van der Waals surface area contributed by atoms with Gasteiger partial charge in [-0.3, -0.25) is 28.7 Å². The van der Waals surface area contributed by atoms with Crippen LogP contribution >= 0.6 is 0 Å². The molecule has 8 rings (SSSR count). The highest BCUT2D eigenvalue weighted by atomic mass is 19.2. The number of hydrogen-bond donors (Lipinski definition) is 5. The minimum atomic E-state index is -1.62. The number of nitrogens with two attached hydrogens (primary N) is 4. The molecule has 74 heavy (non-hydrogen) atoms. The van der Waals surface area contributed by atoms with Crippen LogP contribution in [0.25, 0.3) is 33.4 Å². The summed E-state index contributed by atoms with van der Waals surface area (Å²) < 4.78 is 90.6. The van der Waals surface area contributed by atoms with Gasteiger partial charge in [-0.05, 0) is 56.2 Å². The number of piperazine rings is 2. The van der Waals surface area contributed by atoms with Crippen LogP contribution in [0.15, 0.2) is 90.5 Å². The lowest BCUT2D eigenvalue weighted by molar-refractivity contribution is 0.0695. The number of carboxylic acid groups (broad SMARTS) is 1. The Morgan fingerprint density at radius 1 is 0.581 bits per heavy atom. The largest absolute Gasteiger partial charge is 0.477 e. The van der Waals surface area contributed by atoms with Crippen molar-refractivity contribution >= 4 is 63.5 Å². The van der Waals surface area contributed by atoms with E-state index < -0.39 is 62.7 Å². The Morgan fingerprint density at radius 3 is 1.42 bits per heavy atom. The molecule has 0 unspecified atom stereocenters. The van der Waals surface area contributed by atoms with Gasteiger partial charge >= 0.3 is 5.97 Å². The van der Waals surface area contributed by atoms with Gasteiger partial charge in [-0.2, -0.15) is 9.98 Å². The van der Waals surface area contributed by atoms with Crippen molar-refractivity contribution in [2.45, 2.75) is 32.6 Å². The molecule has 0 bridgehead atoms. The van der Waals surface area contributed by atoms with Gasteiger partial charge in [0.25, 0.3) is 0 Å². The van der Waals surface area contributed by atoms with Crippen LogP contribution in [0.2, 0.25) is 0 Å². The third-order valence-electron chi connectivity index (χ3n) is 12.5. The lowest BCUT2D eigenvalue weighted by Crippen LogP contribution is -2.52. The van der Waals surface area contributed by atoms with Gasteiger partial charge in [0.15, 0.2) is 51.9 Å². The van der Waals surface area contributed by atoms with E-state index in [1.165, 1.54) is 23.8 Å². The van der Waals surface area contributed by atoms with Gasteiger partial charge < -0.3 is 47.6 Å². The Bertz CT molecular complexity index is 3400. The molecule has 2 aliphatic rings. The Balaban J connectivity index is 0.780. The molecule has 2 aromatic carbocycles. The summed E-state index contributed by atoms with van der Waals surface area (Å²) in [7, 11) is 0. The fourth-order valence-electron chi connectivity index (χ4n) is 8.58. The molecule has 0 amide bonds. The molecule has 2 fully saturated rings. The number of fused-ring (bicyclic) bond motifs is 2. The fraction of sp³-hybridized carbons (Fsp3) is 0.312. The van der Waals surface area contributed by atoms with E-state index in [0.717, 1.165) is 53.9 Å². The third-order valence-corrected chi connectivity index (χ3v) is 12.5. The first-order chi connectivity index (χ1) is 35.4. The maximum atomic E-state index is 15.6. The number of rotatable bonds is 12. The number of guanidine groups is 4. The van der Waals surface area contributed by atoms with E-state index in [0.29, 0.717) is 51.2 Å². The highest BCUT2D eigenvalue weighted by molar-refractivity contribution is 5.95. The minimum Gasteiger partial charge on any atom is -0.477 e. The second-order valence-electron chi connectivity index (χ2n) is 17.4. The maximum absolute atomic E-state index is 15.6. The summed E-state index contributed by atoms with van der Waals surface area (Å²) in [5.41, 5.74) is 22.0. The zero-order valence-electron chi connectivity index (χ0n) is 39.8. The van der Waals surface area contributed by atoms with Crippen molar-refractivity contribution < 1.29 is 36.2 Å². The number of pyridine rings is 4. The van der Waals surface area contributed by atoms with E-state index in [2.05, 4.69) is 29.9 Å². The van der Waals surface area contributed by atoms with E-state index in [4.69, 9.17) is 22.9 Å². The summed E-state index contributed by atoms with van der Waals surface area (Å²) in [4.78, 5) is 70.4. The van der Waals surface area contributed by atoms with Crippen LogP contribution in [0.4, 0.5) is 38.0 Å². The summed E-state index contributed by atoms with van der Waals surface area (Å²) in [5.74, 6) is -6.92. The van der Waals surface area contributed by atoms with Crippen molar-refractivity contribution in [1.82, 2.24) is 28.9 Å². The summed E-state index contributed by atoms with van der Waals surface area (Å²) in [6, 6.07) is 7.53. The molecule has 9 N–H and O–H groups in total. The number of halogens is 6. The van der Waals surface area contributed by atoms with Gasteiger partial charge in [0.2, 0.25) is 17.3 Å². The van der Waals surface area contributed by atoms with Gasteiger partial charge in [0.1, 0.15) is 28.8 Å². The molecule has 0 radical (unpaired) electrons. The monoisotopic (exact) mass is 1030 g/mol. The molecule has 0 aliphatic carbocycles. The Labute approximate surface area is 417 Å². The van der Waals surface area contributed by atoms with Gasteiger partial charge in [0.05, 0.1) is 22.1 Å². The lowest BCUT2D eigenvalue weighted by atomic mass is 10.1. The quantitative estimate of drug-likeness (QED) is 0.0507. The second kappa shape index (κ2) is 22.0. The molecule has 4 aromatic heterocycles. The number of nitrogens with zero attached hydrogens (tertiary/aromatic N) is 12. The van der Waals surface area contributed by atoms with E-state index in [1.807, 2.05) is 0 Å². The van der Waals surface area contributed by atoms with Crippen LogP contribution in [0.3, 0.4) is 0 Å². The molecule has 0 spiro atoms. The van der Waals surface area contributed by atoms with Crippen LogP contribution in [-0.2, 0) is 0 Å². The van der Waals surface area contributed by atoms with E-state index in [9.17, 15) is 37.1 Å². The molecular weight excluding hydrogens is 979 g/mol. The number of aliphatic imine (C=N–C) groups is 4. The zero-order chi connectivity index (χ0) is 53.0. The van der Waals surface area contributed by atoms with Gasteiger partial charge in [0, 0.05) is 95.5 Å². The number of benzene rings is 2. The number of aromatic nitrogens is 4. The van der Waals surface area contributed by atoms with Crippen LogP contribution in [0.1, 0.15) is 41.6 Å². The molecule has 2 aliphatic heterocycles. The molecule has 26 heteroatoms. The topological polar surface area (TPSA) is 274 Å². The van der Waals surface area contributed by atoms with Gasteiger partial charge in [-0.15, -0.1) is 0 Å². The van der Waals surface area contributed by atoms with Crippen molar-refractivity contribution in [2.75, 3.05) is 75.2 Å². The molecule has 0 saturated carbocycles. The average Bonchev–Trinajstić information content (AvgIpc) is 3.37. The minimum absolute atomic E-state index is 0.00855. The van der Waals surface area contributed by atoms with Crippen molar-refractivity contribution in [3.8, 4) is 11.4 Å². The molecular formula is C48H50F6N16O4.